The molecule has 0 atom stereocenters. The van der Waals surface area contributed by atoms with Crippen molar-refractivity contribution in [3.63, 3.8) is 0 Å². The van der Waals surface area contributed by atoms with Gasteiger partial charge in [0.2, 0.25) is 0 Å². The zero-order chi connectivity index (χ0) is 8.78. The van der Waals surface area contributed by atoms with E-state index in [4.69, 9.17) is 29.4 Å². The molecular formula is C2H10CaO7Si. The Hall–Kier alpha value is 0.587. The summed E-state index contributed by atoms with van der Waals surface area (Å²) in [7, 11) is -3.11. The van der Waals surface area contributed by atoms with Crippen LogP contribution in [-0.4, -0.2) is 84.7 Å². The second-order valence-electron chi connectivity index (χ2n) is 1.06. The van der Waals surface area contributed by atoms with E-state index in [1.54, 1.807) is 0 Å². The van der Waals surface area contributed by atoms with Gasteiger partial charge in [0.1, 0.15) is 0 Å². The first-order valence-electron chi connectivity index (χ1n) is 1.93. The minimum atomic E-state index is -4.13. The summed E-state index contributed by atoms with van der Waals surface area (Å²) in [6.45, 7) is 0. The second kappa shape index (κ2) is 8.68. The fourth-order valence-electron chi connectivity index (χ4n) is 0. The Morgan fingerprint density at radius 3 is 1.36 bits per heavy atom. The van der Waals surface area contributed by atoms with Crippen LogP contribution in [0.2, 0.25) is 0 Å². The van der Waals surface area contributed by atoms with E-state index in [-0.39, 0.29) is 37.7 Å². The zero-order valence-electron chi connectivity index (χ0n) is 5.05. The third kappa shape index (κ3) is 60.7. The van der Waals surface area contributed by atoms with Gasteiger partial charge in [-0.1, -0.05) is 0 Å². The van der Waals surface area contributed by atoms with Gasteiger partial charge in [0.15, 0.2) is 0 Å². The van der Waals surface area contributed by atoms with E-state index in [1.165, 1.54) is 0 Å². The fraction of sp³-hybridized carbons (Fsp3) is 0.500. The summed E-state index contributed by atoms with van der Waals surface area (Å²) in [6, 6.07) is 0. The Bertz CT molecular complexity index is 95.1. The minimum absolute atomic E-state index is 0. The molecule has 5 N–H and O–H groups in total. The van der Waals surface area contributed by atoms with Crippen LogP contribution in [0.4, 0.5) is 4.79 Å². The molecule has 7 nitrogen and oxygen atoms in total. The van der Waals surface area contributed by atoms with Gasteiger partial charge in [-0.15, -0.1) is 0 Å². The Balaban J connectivity index is -0.000000114. The molecule has 0 aliphatic rings. The normalized spacial score (nSPS) is 8.73. The monoisotopic (exact) mass is 214 g/mol. The van der Waals surface area contributed by atoms with Crippen molar-refractivity contribution in [1.29, 1.82) is 0 Å². The van der Waals surface area contributed by atoms with Gasteiger partial charge in [-0.05, 0) is 0 Å². The molecule has 0 heterocycles. The first-order valence-corrected chi connectivity index (χ1v) is 3.68. The molecule has 0 aromatic carbocycles. The van der Waals surface area contributed by atoms with Crippen LogP contribution < -0.4 is 0 Å². The van der Waals surface area contributed by atoms with Crippen LogP contribution in [0.1, 0.15) is 0 Å². The van der Waals surface area contributed by atoms with Crippen LogP contribution in [-0.2, 0) is 4.43 Å². The molecule has 0 amide bonds. The third-order valence-corrected chi connectivity index (χ3v) is 0.822. The van der Waals surface area contributed by atoms with Gasteiger partial charge in [-0.2, -0.15) is 0 Å². The average molecular weight is 214 g/mol. The van der Waals surface area contributed by atoms with Gasteiger partial charge in [0, 0.05) is 7.11 Å². The summed E-state index contributed by atoms with van der Waals surface area (Å²) in [4.78, 5) is 32.1. The standard InChI is InChI=1S/CH6O4Si.CH2O3.Ca.2H/c1-5-6(2,3)4;2-1(3)4;;;/h2-4H,1H3;(H2,2,3,4);;;. The van der Waals surface area contributed by atoms with E-state index >= 15 is 0 Å². The van der Waals surface area contributed by atoms with Gasteiger partial charge in [-0.25, -0.2) is 4.79 Å². The number of carbonyl (C=O) groups is 1. The zero-order valence-corrected chi connectivity index (χ0v) is 6.05. The van der Waals surface area contributed by atoms with Gasteiger partial charge < -0.3 is 29.0 Å². The second-order valence-corrected chi connectivity index (χ2v) is 2.62. The third-order valence-electron chi connectivity index (χ3n) is 0.274. The summed E-state index contributed by atoms with van der Waals surface area (Å²) < 4.78 is 3.74. The molecule has 0 saturated carbocycles. The number of hydrogen-bond donors (Lipinski definition) is 5. The number of hydrogen-bond acceptors (Lipinski definition) is 5. The van der Waals surface area contributed by atoms with Gasteiger partial charge in [-0.3, -0.25) is 0 Å². The van der Waals surface area contributed by atoms with Crippen molar-refractivity contribution in [3.8, 4) is 0 Å². The van der Waals surface area contributed by atoms with Gasteiger partial charge in [0.05, 0.1) is 0 Å². The van der Waals surface area contributed by atoms with E-state index in [9.17, 15) is 0 Å². The number of carboxylic acid groups (broad SMARTS) is 2. The van der Waals surface area contributed by atoms with Crippen molar-refractivity contribution >= 4 is 52.9 Å². The van der Waals surface area contributed by atoms with Crippen LogP contribution in [0.5, 0.6) is 0 Å². The van der Waals surface area contributed by atoms with E-state index in [0.29, 0.717) is 0 Å². The molecule has 0 aromatic heterocycles. The Morgan fingerprint density at radius 2 is 1.36 bits per heavy atom. The summed E-state index contributed by atoms with van der Waals surface area (Å²) in [5, 5.41) is 13.9. The molecule has 0 unspecified atom stereocenters. The van der Waals surface area contributed by atoms with Gasteiger partial charge >= 0.3 is 52.9 Å². The molecule has 66 valence electrons. The summed E-state index contributed by atoms with van der Waals surface area (Å²) in [5.41, 5.74) is 0. The Labute approximate surface area is 93.3 Å². The maximum atomic E-state index is 8.56. The fourth-order valence-corrected chi connectivity index (χ4v) is 0. The molecule has 0 bridgehead atoms. The molecule has 0 rings (SSSR count). The predicted octanol–water partition coefficient (Wildman–Crippen LogP) is -2.65. The molecule has 11 heavy (non-hydrogen) atoms. The van der Waals surface area contributed by atoms with Crippen LogP contribution in [0.15, 0.2) is 0 Å². The van der Waals surface area contributed by atoms with E-state index in [1.807, 2.05) is 0 Å². The van der Waals surface area contributed by atoms with Crippen LogP contribution in [0.25, 0.3) is 0 Å². The van der Waals surface area contributed by atoms with Crippen molar-refractivity contribution in [2.45, 2.75) is 0 Å². The summed E-state index contributed by atoms with van der Waals surface area (Å²) in [6.07, 6.45) is -1.83. The van der Waals surface area contributed by atoms with Crippen molar-refractivity contribution in [2.24, 2.45) is 0 Å². The van der Waals surface area contributed by atoms with E-state index in [2.05, 4.69) is 4.43 Å². The molecule has 0 saturated heterocycles. The van der Waals surface area contributed by atoms with E-state index < -0.39 is 15.2 Å². The Kier molecular flexibility index (Phi) is 13.9. The summed E-state index contributed by atoms with van der Waals surface area (Å²) in [5.74, 6) is 0. The molecule has 0 radical (unpaired) electrons. The predicted molar refractivity (Wildman–Crippen MR) is 38.6 cm³/mol. The molecule has 0 aliphatic heterocycles. The molecule has 0 fully saturated rings. The summed E-state index contributed by atoms with van der Waals surface area (Å²) >= 11 is 0. The molecular weight excluding hydrogens is 204 g/mol. The van der Waals surface area contributed by atoms with Gasteiger partial charge in [0.25, 0.3) is 0 Å². The topological polar surface area (TPSA) is 127 Å². The van der Waals surface area contributed by atoms with E-state index in [0.717, 1.165) is 7.11 Å². The van der Waals surface area contributed by atoms with Crippen LogP contribution in [0.3, 0.4) is 0 Å². The maximum absolute atomic E-state index is 8.56. The van der Waals surface area contributed by atoms with Crippen molar-refractivity contribution in [1.82, 2.24) is 0 Å². The Morgan fingerprint density at radius 1 is 1.27 bits per heavy atom. The molecule has 0 aromatic rings. The quantitative estimate of drug-likeness (QED) is 0.302. The van der Waals surface area contributed by atoms with Crippen molar-refractivity contribution < 1.29 is 33.8 Å². The first-order chi connectivity index (χ1) is 4.29. The molecule has 0 aliphatic carbocycles. The van der Waals surface area contributed by atoms with Crippen LogP contribution >= 0.6 is 0 Å². The van der Waals surface area contributed by atoms with Crippen molar-refractivity contribution in [3.05, 3.63) is 0 Å². The SMILES string of the molecule is CO[Si](O)(O)O.O=C(O)O.[CaH2]. The number of rotatable bonds is 1. The molecule has 0 spiro atoms. The molecule has 9 heteroatoms. The van der Waals surface area contributed by atoms with Crippen molar-refractivity contribution in [2.75, 3.05) is 7.11 Å². The first kappa shape index (κ1) is 17.6. The average Bonchev–Trinajstić information content (AvgIpc) is 1.63. The van der Waals surface area contributed by atoms with Crippen LogP contribution in [0, 0.1) is 0 Å².